The van der Waals surface area contributed by atoms with Gasteiger partial charge >= 0.3 is 0 Å². The van der Waals surface area contributed by atoms with Crippen LogP contribution in [0.5, 0.6) is 0 Å². The quantitative estimate of drug-likeness (QED) is 0.723. The van der Waals surface area contributed by atoms with Crippen LogP contribution in [-0.4, -0.2) is 8.42 Å². The number of hydrogen-bond acceptors (Lipinski definition) is 2. The summed E-state index contributed by atoms with van der Waals surface area (Å²) in [5.41, 5.74) is 0. The smallest absolute Gasteiger partial charge is 0.207 e. The molecule has 0 saturated carbocycles. The van der Waals surface area contributed by atoms with Crippen molar-refractivity contribution in [3.05, 3.63) is 42.2 Å². The monoisotopic (exact) mass is 244 g/mol. The highest BCUT2D eigenvalue weighted by molar-refractivity contribution is 8.13. The van der Waals surface area contributed by atoms with Crippen molar-refractivity contribution in [2.75, 3.05) is 0 Å². The highest BCUT2D eigenvalue weighted by Crippen LogP contribution is 2.23. The molecule has 2 nitrogen and oxygen atoms in total. The molecular weight excluding hydrogens is 239 g/mol. The third kappa shape index (κ3) is 1.96. The van der Waals surface area contributed by atoms with E-state index in [9.17, 15) is 12.8 Å². The van der Waals surface area contributed by atoms with E-state index >= 15 is 0 Å². The van der Waals surface area contributed by atoms with Crippen molar-refractivity contribution in [2.24, 2.45) is 0 Å². The van der Waals surface area contributed by atoms with Crippen molar-refractivity contribution in [1.82, 2.24) is 0 Å². The fraction of sp³-hybridized carbons (Fsp3) is 0. The van der Waals surface area contributed by atoms with Gasteiger partial charge in [0.05, 0.1) is 4.90 Å². The highest BCUT2D eigenvalue weighted by atomic mass is 35.7. The molecule has 0 amide bonds. The van der Waals surface area contributed by atoms with Gasteiger partial charge in [0.15, 0.2) is 0 Å². The van der Waals surface area contributed by atoms with Crippen LogP contribution in [0, 0.1) is 5.82 Å². The van der Waals surface area contributed by atoms with Gasteiger partial charge in [-0.2, -0.15) is 0 Å². The Morgan fingerprint density at radius 1 is 1.13 bits per heavy atom. The zero-order valence-corrected chi connectivity index (χ0v) is 9.02. The maximum atomic E-state index is 13.3. The van der Waals surface area contributed by atoms with Gasteiger partial charge in [0.1, 0.15) is 5.82 Å². The lowest BCUT2D eigenvalue weighted by Gasteiger charge is -2.01. The molecule has 0 fully saturated rings. The second kappa shape index (κ2) is 3.47. The molecule has 0 aliphatic rings. The standard InChI is InChI=1S/C10H6ClFO2S/c11-15(13,14)8-5-4-7-2-1-3-10(12)9(7)6-8/h1-6H. The largest absolute Gasteiger partial charge is 0.261 e. The Labute approximate surface area is 90.7 Å². The van der Waals surface area contributed by atoms with Crippen LogP contribution in [0.2, 0.25) is 0 Å². The van der Waals surface area contributed by atoms with E-state index in [2.05, 4.69) is 0 Å². The number of hydrogen-bond donors (Lipinski definition) is 0. The molecule has 0 heterocycles. The minimum Gasteiger partial charge on any atom is -0.207 e. The predicted octanol–water partition coefficient (Wildman–Crippen LogP) is 2.91. The summed E-state index contributed by atoms with van der Waals surface area (Å²) in [5.74, 6) is -0.463. The summed E-state index contributed by atoms with van der Waals surface area (Å²) in [5, 5.41) is 0.887. The molecule has 2 aromatic carbocycles. The Kier molecular flexibility index (Phi) is 2.40. The van der Waals surface area contributed by atoms with Crippen molar-refractivity contribution >= 4 is 30.5 Å². The molecule has 0 unspecified atom stereocenters. The van der Waals surface area contributed by atoms with Gasteiger partial charge in [-0.15, -0.1) is 0 Å². The molecule has 0 N–H and O–H groups in total. The first-order chi connectivity index (χ1) is 6.98. The summed E-state index contributed by atoms with van der Waals surface area (Å²) in [4.78, 5) is -0.0956. The molecule has 2 aromatic rings. The van der Waals surface area contributed by atoms with Crippen LogP contribution in [-0.2, 0) is 9.05 Å². The molecule has 0 bridgehead atoms. The summed E-state index contributed by atoms with van der Waals surface area (Å²) >= 11 is 0. The Hall–Kier alpha value is -1.13. The van der Waals surface area contributed by atoms with E-state index in [1.807, 2.05) is 0 Å². The maximum absolute atomic E-state index is 13.3. The second-order valence-electron chi connectivity index (χ2n) is 3.06. The van der Waals surface area contributed by atoms with Crippen LogP contribution < -0.4 is 0 Å². The molecule has 0 aliphatic heterocycles. The van der Waals surface area contributed by atoms with E-state index < -0.39 is 14.9 Å². The number of rotatable bonds is 1. The molecule has 5 heteroatoms. The second-order valence-corrected chi connectivity index (χ2v) is 5.63. The summed E-state index contributed by atoms with van der Waals surface area (Å²) < 4.78 is 35.4. The third-order valence-electron chi connectivity index (χ3n) is 2.08. The van der Waals surface area contributed by atoms with Crippen molar-refractivity contribution < 1.29 is 12.8 Å². The molecule has 0 aromatic heterocycles. The molecule has 15 heavy (non-hydrogen) atoms. The van der Waals surface area contributed by atoms with Crippen LogP contribution in [0.15, 0.2) is 41.3 Å². The minimum absolute atomic E-state index is 0.0956. The molecule has 2 rings (SSSR count). The van der Waals surface area contributed by atoms with Gasteiger partial charge < -0.3 is 0 Å². The lowest BCUT2D eigenvalue weighted by Crippen LogP contribution is -1.90. The van der Waals surface area contributed by atoms with Crippen molar-refractivity contribution in [2.45, 2.75) is 4.90 Å². The fourth-order valence-corrected chi connectivity index (χ4v) is 2.14. The predicted molar refractivity (Wildman–Crippen MR) is 56.9 cm³/mol. The van der Waals surface area contributed by atoms with Crippen molar-refractivity contribution in [3.63, 3.8) is 0 Å². The Morgan fingerprint density at radius 3 is 2.53 bits per heavy atom. The number of halogens is 2. The van der Waals surface area contributed by atoms with Gasteiger partial charge in [-0.1, -0.05) is 18.2 Å². The van der Waals surface area contributed by atoms with E-state index in [0.29, 0.717) is 5.39 Å². The zero-order valence-electron chi connectivity index (χ0n) is 7.44. The zero-order chi connectivity index (χ0) is 11.1. The van der Waals surface area contributed by atoms with Gasteiger partial charge in [0, 0.05) is 16.1 Å². The first kappa shape index (κ1) is 10.4. The average Bonchev–Trinajstić information content (AvgIpc) is 2.16. The highest BCUT2D eigenvalue weighted by Gasteiger charge is 2.11. The van der Waals surface area contributed by atoms with E-state index in [-0.39, 0.29) is 10.3 Å². The Bertz CT molecular complexity index is 622. The molecule has 78 valence electrons. The SMILES string of the molecule is O=S(=O)(Cl)c1ccc2cccc(F)c2c1. The van der Waals surface area contributed by atoms with Crippen LogP contribution in [0.3, 0.4) is 0 Å². The van der Waals surface area contributed by atoms with Gasteiger partial charge in [0.2, 0.25) is 0 Å². The van der Waals surface area contributed by atoms with Crippen molar-refractivity contribution in [3.8, 4) is 0 Å². The van der Waals surface area contributed by atoms with E-state index in [4.69, 9.17) is 10.7 Å². The van der Waals surface area contributed by atoms with E-state index in [0.717, 1.165) is 0 Å². The van der Waals surface area contributed by atoms with Crippen LogP contribution in [0.25, 0.3) is 10.8 Å². The molecular formula is C10H6ClFO2S. The van der Waals surface area contributed by atoms with Crippen LogP contribution >= 0.6 is 10.7 Å². The molecule has 0 saturated heterocycles. The van der Waals surface area contributed by atoms with Gasteiger partial charge in [0.25, 0.3) is 9.05 Å². The summed E-state index contributed by atoms with van der Waals surface area (Å²) in [7, 11) is 1.36. The normalized spacial score (nSPS) is 11.9. The average molecular weight is 245 g/mol. The Morgan fingerprint density at radius 2 is 1.87 bits per heavy atom. The molecule has 0 radical (unpaired) electrons. The number of benzene rings is 2. The molecule has 0 aliphatic carbocycles. The summed E-state index contributed by atoms with van der Waals surface area (Å²) in [6.07, 6.45) is 0. The van der Waals surface area contributed by atoms with Gasteiger partial charge in [-0.05, 0) is 23.6 Å². The van der Waals surface area contributed by atoms with Crippen molar-refractivity contribution in [1.29, 1.82) is 0 Å². The molecule has 0 spiro atoms. The first-order valence-electron chi connectivity index (χ1n) is 4.11. The lowest BCUT2D eigenvalue weighted by atomic mass is 10.1. The fourth-order valence-electron chi connectivity index (χ4n) is 1.37. The topological polar surface area (TPSA) is 34.1 Å². The van der Waals surface area contributed by atoms with Crippen LogP contribution in [0.4, 0.5) is 4.39 Å². The van der Waals surface area contributed by atoms with Crippen LogP contribution in [0.1, 0.15) is 0 Å². The maximum Gasteiger partial charge on any atom is 0.261 e. The lowest BCUT2D eigenvalue weighted by molar-refractivity contribution is 0.609. The molecule has 0 atom stereocenters. The summed E-state index contributed by atoms with van der Waals surface area (Å²) in [6, 6.07) is 8.63. The summed E-state index contributed by atoms with van der Waals surface area (Å²) in [6.45, 7) is 0. The van der Waals surface area contributed by atoms with Gasteiger partial charge in [-0.3, -0.25) is 0 Å². The van der Waals surface area contributed by atoms with Gasteiger partial charge in [-0.25, -0.2) is 12.8 Å². The third-order valence-corrected chi connectivity index (χ3v) is 3.43. The van der Waals surface area contributed by atoms with E-state index in [1.165, 1.54) is 24.3 Å². The minimum atomic E-state index is -3.81. The first-order valence-corrected chi connectivity index (χ1v) is 6.42. The van der Waals surface area contributed by atoms with E-state index in [1.54, 1.807) is 12.1 Å². The Balaban J connectivity index is 2.81. The number of fused-ring (bicyclic) bond motifs is 1.